The van der Waals surface area contributed by atoms with Crippen molar-refractivity contribution in [1.82, 2.24) is 15.4 Å². The lowest BCUT2D eigenvalue weighted by atomic mass is 9.88. The zero-order valence-electron chi connectivity index (χ0n) is 17.7. The fourth-order valence-electron chi connectivity index (χ4n) is 4.08. The second-order valence-electron chi connectivity index (χ2n) is 8.05. The van der Waals surface area contributed by atoms with Gasteiger partial charge in [0, 0.05) is 38.3 Å². The molecule has 1 aliphatic heterocycles. The molecule has 8 heteroatoms. The monoisotopic (exact) mass is 418 g/mol. The number of carboxylic acids is 1. The van der Waals surface area contributed by atoms with Crippen LogP contribution in [0.3, 0.4) is 0 Å². The molecular formula is C22H34N4O4. The molecule has 1 amide bonds. The summed E-state index contributed by atoms with van der Waals surface area (Å²) in [6.45, 7) is 4.65. The van der Waals surface area contributed by atoms with E-state index in [1.807, 2.05) is 12.1 Å². The third-order valence-electron chi connectivity index (χ3n) is 5.42. The van der Waals surface area contributed by atoms with Crippen LogP contribution in [-0.2, 0) is 9.59 Å². The second-order valence-corrected chi connectivity index (χ2v) is 8.05. The van der Waals surface area contributed by atoms with Gasteiger partial charge in [-0.05, 0) is 61.9 Å². The molecule has 0 spiro atoms. The highest BCUT2D eigenvalue weighted by molar-refractivity contribution is 5.90. The van der Waals surface area contributed by atoms with E-state index in [9.17, 15) is 4.79 Å². The molecule has 0 radical (unpaired) electrons. The third kappa shape index (κ3) is 9.37. The Balaban J connectivity index is 0.000000735. The lowest BCUT2D eigenvalue weighted by Crippen LogP contribution is -2.44. The first-order valence-electron chi connectivity index (χ1n) is 10.7. The standard InChI is InChI=1S/C20H30N4O2.C2H4O2/c25-20(23-26)11-9-16-8-10-19(21-13-16)22-18-7-4-12-24(15-18)14-17-5-2-1-3-6-17;1-2(3)4/h8-11,13,17-18,26H,1-7,12,14-15H2,(H,21,22)(H,23,25);1H3,(H,3,4)/b11-9+;/t18-;/m1./s1. The quantitative estimate of drug-likeness (QED) is 0.319. The summed E-state index contributed by atoms with van der Waals surface area (Å²) in [5.74, 6) is 0.383. The van der Waals surface area contributed by atoms with Crippen LogP contribution in [0.1, 0.15) is 57.4 Å². The number of carbonyl (C=O) groups excluding carboxylic acids is 1. The van der Waals surface area contributed by atoms with Crippen molar-refractivity contribution in [3.8, 4) is 0 Å². The number of aliphatic carboxylic acids is 1. The Labute approximate surface area is 178 Å². The first kappa shape index (κ1) is 23.8. The Kier molecular flexibility index (Phi) is 10.3. The summed E-state index contributed by atoms with van der Waals surface area (Å²) in [6.07, 6.45) is 14.1. The molecule has 166 valence electrons. The zero-order valence-corrected chi connectivity index (χ0v) is 17.7. The van der Waals surface area contributed by atoms with E-state index in [4.69, 9.17) is 15.1 Å². The Morgan fingerprint density at radius 3 is 2.57 bits per heavy atom. The summed E-state index contributed by atoms with van der Waals surface area (Å²) in [5.41, 5.74) is 2.39. The predicted octanol–water partition coefficient (Wildman–Crippen LogP) is 3.15. The Morgan fingerprint density at radius 2 is 1.93 bits per heavy atom. The van der Waals surface area contributed by atoms with Crippen molar-refractivity contribution in [1.29, 1.82) is 0 Å². The predicted molar refractivity (Wildman–Crippen MR) is 116 cm³/mol. The molecule has 3 rings (SSSR count). The summed E-state index contributed by atoms with van der Waals surface area (Å²) in [5, 5.41) is 19.5. The van der Waals surface area contributed by atoms with E-state index in [1.165, 1.54) is 64.1 Å². The lowest BCUT2D eigenvalue weighted by Gasteiger charge is -2.36. The first-order valence-corrected chi connectivity index (χ1v) is 10.7. The van der Waals surface area contributed by atoms with Crippen molar-refractivity contribution in [2.45, 2.75) is 57.9 Å². The van der Waals surface area contributed by atoms with Gasteiger partial charge in [-0.1, -0.05) is 19.3 Å². The number of hydrogen-bond donors (Lipinski definition) is 4. The van der Waals surface area contributed by atoms with E-state index < -0.39 is 11.9 Å². The molecule has 8 nitrogen and oxygen atoms in total. The maximum Gasteiger partial charge on any atom is 0.300 e. The van der Waals surface area contributed by atoms with Crippen LogP contribution >= 0.6 is 0 Å². The molecule has 2 fully saturated rings. The van der Waals surface area contributed by atoms with Crippen LogP contribution in [-0.4, -0.2) is 57.8 Å². The minimum atomic E-state index is -0.833. The lowest BCUT2D eigenvalue weighted by molar-refractivity contribution is -0.134. The van der Waals surface area contributed by atoms with Gasteiger partial charge in [0.15, 0.2) is 0 Å². The number of anilines is 1. The summed E-state index contributed by atoms with van der Waals surface area (Å²) < 4.78 is 0. The number of nitrogens with one attached hydrogen (secondary N) is 2. The van der Waals surface area contributed by atoms with Crippen molar-refractivity contribution in [3.05, 3.63) is 30.0 Å². The van der Waals surface area contributed by atoms with Gasteiger partial charge in [-0.3, -0.25) is 14.8 Å². The van der Waals surface area contributed by atoms with Crippen LogP contribution in [0, 0.1) is 5.92 Å². The summed E-state index contributed by atoms with van der Waals surface area (Å²) >= 11 is 0. The van der Waals surface area contributed by atoms with E-state index >= 15 is 0 Å². The van der Waals surface area contributed by atoms with Gasteiger partial charge in [0.1, 0.15) is 5.82 Å². The number of likely N-dealkylation sites (tertiary alicyclic amines) is 1. The molecule has 1 atom stereocenters. The molecule has 2 aliphatic rings. The Hall–Kier alpha value is -2.45. The van der Waals surface area contributed by atoms with Crippen LogP contribution in [0.2, 0.25) is 0 Å². The maximum atomic E-state index is 11.0. The van der Waals surface area contributed by atoms with Gasteiger partial charge in [-0.15, -0.1) is 0 Å². The Morgan fingerprint density at radius 1 is 1.20 bits per heavy atom. The summed E-state index contributed by atoms with van der Waals surface area (Å²) in [6, 6.07) is 4.30. The van der Waals surface area contributed by atoms with Crippen LogP contribution < -0.4 is 10.8 Å². The molecule has 1 aromatic rings. The maximum absolute atomic E-state index is 11.0. The van der Waals surface area contributed by atoms with Gasteiger partial charge in [0.05, 0.1) is 0 Å². The normalized spacial score (nSPS) is 20.3. The van der Waals surface area contributed by atoms with E-state index in [0.29, 0.717) is 6.04 Å². The van der Waals surface area contributed by atoms with E-state index in [-0.39, 0.29) is 0 Å². The number of amides is 1. The van der Waals surface area contributed by atoms with E-state index in [0.717, 1.165) is 30.8 Å². The minimum absolute atomic E-state index is 0.446. The van der Waals surface area contributed by atoms with Gasteiger partial charge in [0.2, 0.25) is 0 Å². The zero-order chi connectivity index (χ0) is 21.8. The average molecular weight is 419 g/mol. The summed E-state index contributed by atoms with van der Waals surface area (Å²) in [7, 11) is 0. The van der Waals surface area contributed by atoms with Crippen LogP contribution in [0.4, 0.5) is 5.82 Å². The van der Waals surface area contributed by atoms with Crippen LogP contribution in [0.5, 0.6) is 0 Å². The van der Waals surface area contributed by atoms with Crippen molar-refractivity contribution >= 4 is 23.8 Å². The van der Waals surface area contributed by atoms with Crippen molar-refractivity contribution in [2.24, 2.45) is 5.92 Å². The average Bonchev–Trinajstić information content (AvgIpc) is 2.73. The Bertz CT molecular complexity index is 683. The number of aromatic nitrogens is 1. The molecule has 4 N–H and O–H groups in total. The van der Waals surface area contributed by atoms with Gasteiger partial charge in [0.25, 0.3) is 11.9 Å². The van der Waals surface area contributed by atoms with Gasteiger partial charge in [-0.25, -0.2) is 10.5 Å². The van der Waals surface area contributed by atoms with Gasteiger partial charge < -0.3 is 15.3 Å². The molecule has 0 bridgehead atoms. The first-order chi connectivity index (χ1) is 14.5. The number of pyridine rings is 1. The number of carbonyl (C=O) groups is 2. The van der Waals surface area contributed by atoms with Crippen molar-refractivity contribution < 1.29 is 19.9 Å². The summed E-state index contributed by atoms with van der Waals surface area (Å²) in [4.78, 5) is 27.1. The van der Waals surface area contributed by atoms with Crippen molar-refractivity contribution in [2.75, 3.05) is 25.0 Å². The van der Waals surface area contributed by atoms with E-state index in [2.05, 4.69) is 15.2 Å². The van der Waals surface area contributed by atoms with Gasteiger partial charge >= 0.3 is 0 Å². The largest absolute Gasteiger partial charge is 0.481 e. The smallest absolute Gasteiger partial charge is 0.300 e. The highest BCUT2D eigenvalue weighted by Crippen LogP contribution is 2.26. The number of hydroxylamine groups is 1. The number of piperidine rings is 1. The third-order valence-corrected chi connectivity index (χ3v) is 5.42. The molecule has 30 heavy (non-hydrogen) atoms. The SMILES string of the molecule is CC(=O)O.O=C(/C=C/c1ccc(N[C@@H]2CCCN(CC3CCCCC3)C2)nc1)NO. The fraction of sp³-hybridized carbons (Fsp3) is 0.591. The second kappa shape index (κ2) is 13.0. The number of rotatable bonds is 6. The molecule has 1 aliphatic carbocycles. The number of nitrogens with zero attached hydrogens (tertiary/aromatic N) is 2. The fourth-order valence-corrected chi connectivity index (χ4v) is 4.08. The molecule has 0 unspecified atom stereocenters. The highest BCUT2D eigenvalue weighted by Gasteiger charge is 2.23. The molecular weight excluding hydrogens is 384 g/mol. The van der Waals surface area contributed by atoms with Gasteiger partial charge in [-0.2, -0.15) is 0 Å². The highest BCUT2D eigenvalue weighted by atomic mass is 16.5. The van der Waals surface area contributed by atoms with Crippen LogP contribution in [0.15, 0.2) is 24.4 Å². The molecule has 2 heterocycles. The minimum Gasteiger partial charge on any atom is -0.481 e. The number of hydrogen-bond acceptors (Lipinski definition) is 6. The molecule has 1 saturated heterocycles. The molecule has 0 aromatic carbocycles. The van der Waals surface area contributed by atoms with E-state index in [1.54, 1.807) is 17.8 Å². The topological polar surface area (TPSA) is 115 Å². The van der Waals surface area contributed by atoms with Crippen molar-refractivity contribution in [3.63, 3.8) is 0 Å². The molecule has 1 aromatic heterocycles. The number of carboxylic acid groups (broad SMARTS) is 1. The van der Waals surface area contributed by atoms with Crippen LogP contribution in [0.25, 0.3) is 6.08 Å². The molecule has 1 saturated carbocycles.